The molecule has 0 saturated heterocycles. The predicted molar refractivity (Wildman–Crippen MR) is 128 cm³/mol. The monoisotopic (exact) mass is 576 g/mol. The van der Waals surface area contributed by atoms with Gasteiger partial charge in [0.2, 0.25) is 6.79 Å². The minimum Gasteiger partial charge on any atom is -0.454 e. The molecule has 0 fully saturated rings. The summed E-state index contributed by atoms with van der Waals surface area (Å²) in [6.45, 7) is 4.05. The number of nitrogens with zero attached hydrogens (tertiary/aromatic N) is 2. The Kier molecular flexibility index (Phi) is 7.99. The number of hydrogen-bond acceptors (Lipinski definition) is 6. The van der Waals surface area contributed by atoms with Gasteiger partial charge in [-0.25, -0.2) is 9.59 Å². The van der Waals surface area contributed by atoms with Gasteiger partial charge in [-0.15, -0.1) is 0 Å². The van der Waals surface area contributed by atoms with Crippen LogP contribution in [-0.4, -0.2) is 43.1 Å². The molecule has 0 saturated carbocycles. The number of ether oxygens (including phenoxy) is 4. The summed E-state index contributed by atoms with van der Waals surface area (Å²) in [5.74, 6) is 0.612. The summed E-state index contributed by atoms with van der Waals surface area (Å²) in [6, 6.07) is 2.69. The predicted octanol–water partition coefficient (Wildman–Crippen LogP) is 6.91. The quantitative estimate of drug-likeness (QED) is 0.360. The van der Waals surface area contributed by atoms with E-state index >= 15 is 0 Å². The van der Waals surface area contributed by atoms with Gasteiger partial charge in [-0.3, -0.25) is 9.80 Å². The Labute approximate surface area is 225 Å². The zero-order valence-corrected chi connectivity index (χ0v) is 21.7. The van der Waals surface area contributed by atoms with Gasteiger partial charge >= 0.3 is 24.5 Å². The second kappa shape index (κ2) is 11.0. The van der Waals surface area contributed by atoms with Crippen molar-refractivity contribution in [1.82, 2.24) is 4.90 Å². The Morgan fingerprint density at radius 2 is 1.50 bits per heavy atom. The number of anilines is 1. The van der Waals surface area contributed by atoms with Crippen molar-refractivity contribution in [1.29, 1.82) is 0 Å². The summed E-state index contributed by atoms with van der Waals surface area (Å²) >= 11 is 0. The molecular formula is C26H26F6N2O6. The molecule has 0 aromatic heterocycles. The van der Waals surface area contributed by atoms with E-state index in [0.717, 1.165) is 4.90 Å². The average Bonchev–Trinajstić information content (AvgIpc) is 3.32. The van der Waals surface area contributed by atoms with E-state index < -0.39 is 59.9 Å². The van der Waals surface area contributed by atoms with Gasteiger partial charge in [0.15, 0.2) is 11.5 Å². The molecule has 2 atom stereocenters. The number of hydrogen-bond donors (Lipinski definition) is 0. The highest BCUT2D eigenvalue weighted by molar-refractivity contribution is 5.91. The molecule has 4 rings (SSSR count). The lowest BCUT2D eigenvalue weighted by molar-refractivity contribution is -0.143. The Balaban J connectivity index is 1.84. The fourth-order valence-electron chi connectivity index (χ4n) is 4.80. The van der Waals surface area contributed by atoms with Crippen molar-refractivity contribution in [2.75, 3.05) is 24.9 Å². The lowest BCUT2D eigenvalue weighted by atomic mass is 9.90. The molecule has 2 amide bonds. The summed E-state index contributed by atoms with van der Waals surface area (Å²) in [4.78, 5) is 28.4. The highest BCUT2D eigenvalue weighted by Gasteiger charge is 2.42. The van der Waals surface area contributed by atoms with Crippen molar-refractivity contribution in [2.45, 2.75) is 58.2 Å². The lowest BCUT2D eigenvalue weighted by Gasteiger charge is -2.42. The SMILES string of the molecule is CCOC(=O)N(Cc1cc(C(F)(F)F)cc(C(F)(F)F)c1)[C@@H]1C[C@H](C)N(C(=O)OCC)c2cc3c(cc21)OCO3. The maximum absolute atomic E-state index is 13.5. The third-order valence-electron chi connectivity index (χ3n) is 6.49. The molecule has 40 heavy (non-hydrogen) atoms. The van der Waals surface area contributed by atoms with Gasteiger partial charge in [0.05, 0.1) is 36.1 Å². The summed E-state index contributed by atoms with van der Waals surface area (Å²) < 4.78 is 102. The van der Waals surface area contributed by atoms with Crippen molar-refractivity contribution in [3.8, 4) is 11.5 Å². The number of halogens is 6. The molecule has 0 N–H and O–H groups in total. The van der Waals surface area contributed by atoms with Gasteiger partial charge in [-0.2, -0.15) is 26.3 Å². The van der Waals surface area contributed by atoms with E-state index in [9.17, 15) is 35.9 Å². The van der Waals surface area contributed by atoms with E-state index in [1.54, 1.807) is 13.8 Å². The van der Waals surface area contributed by atoms with Crippen molar-refractivity contribution in [3.05, 3.63) is 52.6 Å². The van der Waals surface area contributed by atoms with Crippen LogP contribution >= 0.6 is 0 Å². The highest BCUT2D eigenvalue weighted by atomic mass is 19.4. The van der Waals surface area contributed by atoms with Gasteiger partial charge in [-0.05, 0) is 57.0 Å². The summed E-state index contributed by atoms with van der Waals surface area (Å²) in [7, 11) is 0. The highest BCUT2D eigenvalue weighted by Crippen LogP contribution is 2.48. The summed E-state index contributed by atoms with van der Waals surface area (Å²) in [6.07, 6.45) is -11.7. The van der Waals surface area contributed by atoms with Crippen molar-refractivity contribution in [2.24, 2.45) is 0 Å². The molecular weight excluding hydrogens is 550 g/mol. The van der Waals surface area contributed by atoms with E-state index in [1.165, 1.54) is 24.0 Å². The number of fused-ring (bicyclic) bond motifs is 2. The van der Waals surface area contributed by atoms with Gasteiger partial charge in [0, 0.05) is 24.2 Å². The second-order valence-corrected chi connectivity index (χ2v) is 9.17. The molecule has 0 unspecified atom stereocenters. The van der Waals surface area contributed by atoms with Crippen LogP contribution < -0.4 is 14.4 Å². The number of amides is 2. The molecule has 0 aliphatic carbocycles. The minimum absolute atomic E-state index is 0.0219. The number of alkyl halides is 6. The molecule has 0 radical (unpaired) electrons. The second-order valence-electron chi connectivity index (χ2n) is 9.17. The molecule has 0 bridgehead atoms. The molecule has 2 heterocycles. The third-order valence-corrected chi connectivity index (χ3v) is 6.49. The van der Waals surface area contributed by atoms with Crippen LogP contribution in [0.5, 0.6) is 11.5 Å². The van der Waals surface area contributed by atoms with Crippen LogP contribution in [0.4, 0.5) is 41.6 Å². The van der Waals surface area contributed by atoms with Crippen LogP contribution in [0.15, 0.2) is 30.3 Å². The first-order chi connectivity index (χ1) is 18.7. The maximum atomic E-state index is 13.5. The third kappa shape index (κ3) is 5.85. The first kappa shape index (κ1) is 29.2. The van der Waals surface area contributed by atoms with Gasteiger partial charge in [-0.1, -0.05) is 0 Å². The van der Waals surface area contributed by atoms with Crippen molar-refractivity contribution in [3.63, 3.8) is 0 Å². The summed E-state index contributed by atoms with van der Waals surface area (Å²) in [5.41, 5.74) is -2.77. The van der Waals surface area contributed by atoms with Crippen LogP contribution in [0.2, 0.25) is 0 Å². The fraction of sp³-hybridized carbons (Fsp3) is 0.462. The molecule has 2 aliphatic rings. The molecule has 218 valence electrons. The van der Waals surface area contributed by atoms with Crippen LogP contribution in [0.25, 0.3) is 0 Å². The zero-order valence-electron chi connectivity index (χ0n) is 21.7. The molecule has 2 aromatic carbocycles. The normalized spacial score (nSPS) is 18.3. The van der Waals surface area contributed by atoms with Crippen LogP contribution in [-0.2, 0) is 28.4 Å². The lowest BCUT2D eigenvalue weighted by Crippen LogP contribution is -2.47. The van der Waals surface area contributed by atoms with Crippen molar-refractivity contribution >= 4 is 17.9 Å². The fourth-order valence-corrected chi connectivity index (χ4v) is 4.80. The molecule has 8 nitrogen and oxygen atoms in total. The first-order valence-corrected chi connectivity index (χ1v) is 12.4. The van der Waals surface area contributed by atoms with Crippen molar-refractivity contribution < 1.29 is 54.9 Å². The van der Waals surface area contributed by atoms with E-state index in [4.69, 9.17) is 18.9 Å². The Hall–Kier alpha value is -3.84. The summed E-state index contributed by atoms with van der Waals surface area (Å²) in [5, 5.41) is 0. The molecule has 0 spiro atoms. The van der Waals surface area contributed by atoms with Crippen LogP contribution in [0, 0.1) is 0 Å². The first-order valence-electron chi connectivity index (χ1n) is 12.4. The van der Waals surface area contributed by atoms with Crippen LogP contribution in [0.1, 0.15) is 55.5 Å². The number of carbonyl (C=O) groups is 2. The van der Waals surface area contributed by atoms with Gasteiger partial charge in [0.1, 0.15) is 0 Å². The average molecular weight is 576 g/mol. The van der Waals surface area contributed by atoms with E-state index in [-0.39, 0.29) is 32.5 Å². The smallest absolute Gasteiger partial charge is 0.416 e. The standard InChI is InChI=1S/C26H26F6N2O6/c1-4-37-23(35)33(12-15-7-16(25(27,28)29)9-17(8-15)26(30,31)32)19-6-14(3)34(24(36)38-5-2)20-11-22-21(10-18(19)20)39-13-40-22/h7-11,14,19H,4-6,12-13H2,1-3H3/t14-,19+/m0/s1. The Morgan fingerprint density at radius 3 is 2.05 bits per heavy atom. The minimum atomic E-state index is -5.06. The van der Waals surface area contributed by atoms with Gasteiger partial charge in [0.25, 0.3) is 0 Å². The molecule has 2 aliphatic heterocycles. The molecule has 2 aromatic rings. The number of benzene rings is 2. The Morgan fingerprint density at radius 1 is 0.925 bits per heavy atom. The number of rotatable bonds is 5. The topological polar surface area (TPSA) is 77.5 Å². The Bertz CT molecular complexity index is 1250. The van der Waals surface area contributed by atoms with E-state index in [0.29, 0.717) is 34.9 Å². The van der Waals surface area contributed by atoms with Gasteiger partial charge < -0.3 is 18.9 Å². The van der Waals surface area contributed by atoms with E-state index in [2.05, 4.69) is 0 Å². The maximum Gasteiger partial charge on any atom is 0.416 e. The van der Waals surface area contributed by atoms with Crippen LogP contribution in [0.3, 0.4) is 0 Å². The van der Waals surface area contributed by atoms with E-state index in [1.807, 2.05) is 0 Å². The zero-order chi connectivity index (χ0) is 29.4. The molecule has 14 heteroatoms. The largest absolute Gasteiger partial charge is 0.454 e. The number of carbonyl (C=O) groups excluding carboxylic acids is 2.